The van der Waals surface area contributed by atoms with Gasteiger partial charge in [0.15, 0.2) is 0 Å². The summed E-state index contributed by atoms with van der Waals surface area (Å²) in [6, 6.07) is 8.82. The molecule has 0 bridgehead atoms. The average molecular weight is 260 g/mol. The van der Waals surface area contributed by atoms with Crippen molar-refractivity contribution in [2.24, 2.45) is 5.41 Å². The zero-order chi connectivity index (χ0) is 13.1. The first-order chi connectivity index (χ1) is 9.33. The highest BCUT2D eigenvalue weighted by molar-refractivity contribution is 5.58. The number of nitrogens with one attached hydrogen (secondary N) is 1. The number of hydrogen-bond donors (Lipinski definition) is 1. The molecule has 19 heavy (non-hydrogen) atoms. The molecule has 3 nitrogen and oxygen atoms in total. The third-order valence-electron chi connectivity index (χ3n) is 4.44. The highest BCUT2D eigenvalue weighted by atomic mass is 16.5. The molecule has 1 aromatic carbocycles. The van der Waals surface area contributed by atoms with E-state index in [0.29, 0.717) is 5.41 Å². The maximum Gasteiger partial charge on any atom is 0.0552 e. The first-order valence-corrected chi connectivity index (χ1v) is 7.44. The summed E-state index contributed by atoms with van der Waals surface area (Å²) in [7, 11) is 0. The largest absolute Gasteiger partial charge is 0.381 e. The first kappa shape index (κ1) is 12.9. The number of anilines is 1. The first-order valence-electron chi connectivity index (χ1n) is 7.44. The molecule has 0 aromatic heterocycles. The van der Waals surface area contributed by atoms with Crippen LogP contribution < -0.4 is 10.2 Å². The lowest BCUT2D eigenvalue weighted by Gasteiger charge is -2.34. The van der Waals surface area contributed by atoms with Gasteiger partial charge < -0.3 is 15.0 Å². The summed E-state index contributed by atoms with van der Waals surface area (Å²) in [5.41, 5.74) is 3.23. The molecule has 104 valence electrons. The van der Waals surface area contributed by atoms with Crippen LogP contribution in [0.15, 0.2) is 24.3 Å². The van der Waals surface area contributed by atoms with Gasteiger partial charge in [0.05, 0.1) is 6.61 Å². The van der Waals surface area contributed by atoms with Crippen molar-refractivity contribution in [2.45, 2.75) is 19.8 Å². The summed E-state index contributed by atoms with van der Waals surface area (Å²) >= 11 is 0. The van der Waals surface area contributed by atoms with Gasteiger partial charge in [0, 0.05) is 37.3 Å². The van der Waals surface area contributed by atoms with Gasteiger partial charge in [-0.3, -0.25) is 0 Å². The fraction of sp³-hybridized carbons (Fsp3) is 0.625. The van der Waals surface area contributed by atoms with Crippen molar-refractivity contribution in [1.82, 2.24) is 5.32 Å². The van der Waals surface area contributed by atoms with E-state index >= 15 is 0 Å². The van der Waals surface area contributed by atoms with Crippen LogP contribution in [-0.4, -0.2) is 39.4 Å². The fourth-order valence-corrected chi connectivity index (χ4v) is 3.34. The van der Waals surface area contributed by atoms with Gasteiger partial charge in [0.2, 0.25) is 0 Å². The molecule has 3 rings (SSSR count). The Morgan fingerprint density at radius 1 is 1.37 bits per heavy atom. The van der Waals surface area contributed by atoms with Crippen molar-refractivity contribution < 1.29 is 4.74 Å². The van der Waals surface area contributed by atoms with Crippen LogP contribution in [-0.2, 0) is 11.2 Å². The summed E-state index contributed by atoms with van der Waals surface area (Å²) < 4.78 is 5.69. The fourth-order valence-electron chi connectivity index (χ4n) is 3.34. The van der Waals surface area contributed by atoms with Crippen molar-refractivity contribution in [3.05, 3.63) is 29.8 Å². The van der Waals surface area contributed by atoms with Crippen molar-refractivity contribution in [3.63, 3.8) is 0 Å². The highest BCUT2D eigenvalue weighted by Crippen LogP contribution is 2.34. The number of nitrogens with zero attached hydrogens (tertiary/aromatic N) is 1. The molecule has 2 aliphatic rings. The summed E-state index contributed by atoms with van der Waals surface area (Å²) in [5.74, 6) is 0. The van der Waals surface area contributed by atoms with Crippen LogP contribution in [0.1, 0.15) is 18.9 Å². The van der Waals surface area contributed by atoms with E-state index < -0.39 is 0 Å². The molecule has 1 fully saturated rings. The molecular formula is C16H24N2O. The number of hydrogen-bond acceptors (Lipinski definition) is 3. The SMILES string of the molecule is CCNCC1(CN2CCc3ccccc32)CCOC1. The van der Waals surface area contributed by atoms with Gasteiger partial charge in [0.1, 0.15) is 0 Å². The minimum absolute atomic E-state index is 0.299. The van der Waals surface area contributed by atoms with Crippen molar-refractivity contribution in [1.29, 1.82) is 0 Å². The highest BCUT2D eigenvalue weighted by Gasteiger charge is 2.37. The predicted octanol–water partition coefficient (Wildman–Crippen LogP) is 2.07. The number of rotatable bonds is 5. The summed E-state index contributed by atoms with van der Waals surface area (Å²) in [6.45, 7) is 8.39. The number of ether oxygens (including phenoxy) is 1. The van der Waals surface area contributed by atoms with Gasteiger partial charge >= 0.3 is 0 Å². The van der Waals surface area contributed by atoms with Crippen LogP contribution in [0.5, 0.6) is 0 Å². The molecule has 0 spiro atoms. The van der Waals surface area contributed by atoms with Crippen LogP contribution in [0.2, 0.25) is 0 Å². The summed E-state index contributed by atoms with van der Waals surface area (Å²) in [6.07, 6.45) is 2.37. The second-order valence-electron chi connectivity index (χ2n) is 5.88. The molecule has 1 saturated heterocycles. The Labute approximate surface area is 115 Å². The Kier molecular flexibility index (Phi) is 3.76. The smallest absolute Gasteiger partial charge is 0.0552 e. The molecule has 1 N–H and O–H groups in total. The van der Waals surface area contributed by atoms with Crippen LogP contribution in [0.3, 0.4) is 0 Å². The minimum Gasteiger partial charge on any atom is -0.381 e. The Hall–Kier alpha value is -1.06. The lowest BCUT2D eigenvalue weighted by atomic mass is 9.86. The van der Waals surface area contributed by atoms with Crippen molar-refractivity contribution in [3.8, 4) is 0 Å². The zero-order valence-corrected chi connectivity index (χ0v) is 11.8. The van der Waals surface area contributed by atoms with Crippen LogP contribution >= 0.6 is 0 Å². The zero-order valence-electron chi connectivity index (χ0n) is 11.8. The second kappa shape index (κ2) is 5.51. The van der Waals surface area contributed by atoms with Gasteiger partial charge in [0.25, 0.3) is 0 Å². The van der Waals surface area contributed by atoms with E-state index in [1.54, 1.807) is 0 Å². The van der Waals surface area contributed by atoms with E-state index in [4.69, 9.17) is 4.74 Å². The third kappa shape index (κ3) is 2.63. The van der Waals surface area contributed by atoms with Crippen LogP contribution in [0.25, 0.3) is 0 Å². The maximum atomic E-state index is 5.69. The van der Waals surface area contributed by atoms with E-state index in [9.17, 15) is 0 Å². The molecule has 3 heteroatoms. The molecule has 2 aliphatic heterocycles. The third-order valence-corrected chi connectivity index (χ3v) is 4.44. The molecule has 1 unspecified atom stereocenters. The lowest BCUT2D eigenvalue weighted by molar-refractivity contribution is 0.152. The average Bonchev–Trinajstić information content (AvgIpc) is 3.06. The van der Waals surface area contributed by atoms with Gasteiger partial charge in [-0.15, -0.1) is 0 Å². The van der Waals surface area contributed by atoms with E-state index in [1.807, 2.05) is 0 Å². The molecule has 0 radical (unpaired) electrons. The van der Waals surface area contributed by atoms with Crippen LogP contribution in [0, 0.1) is 5.41 Å². The van der Waals surface area contributed by atoms with Gasteiger partial charge in [-0.25, -0.2) is 0 Å². The summed E-state index contributed by atoms with van der Waals surface area (Å²) in [4.78, 5) is 2.56. The summed E-state index contributed by atoms with van der Waals surface area (Å²) in [5, 5.41) is 3.52. The monoisotopic (exact) mass is 260 g/mol. The Morgan fingerprint density at radius 3 is 3.05 bits per heavy atom. The number of benzene rings is 1. The Bertz CT molecular complexity index is 427. The normalized spacial score (nSPS) is 25.8. The van der Waals surface area contributed by atoms with Gasteiger partial charge in [-0.2, -0.15) is 0 Å². The van der Waals surface area contributed by atoms with Crippen molar-refractivity contribution in [2.75, 3.05) is 44.3 Å². The molecule has 2 heterocycles. The van der Waals surface area contributed by atoms with E-state index in [1.165, 1.54) is 24.1 Å². The quantitative estimate of drug-likeness (QED) is 0.877. The standard InChI is InChI=1S/C16H24N2O/c1-2-17-11-16(8-10-19-13-16)12-18-9-7-14-5-3-4-6-15(14)18/h3-6,17H,2,7-13H2,1H3. The van der Waals surface area contributed by atoms with Crippen molar-refractivity contribution >= 4 is 5.69 Å². The van der Waals surface area contributed by atoms with Crippen LogP contribution in [0.4, 0.5) is 5.69 Å². The van der Waals surface area contributed by atoms with E-state index in [2.05, 4.69) is 41.4 Å². The van der Waals surface area contributed by atoms with Gasteiger partial charge in [-0.05, 0) is 31.0 Å². The predicted molar refractivity (Wildman–Crippen MR) is 78.8 cm³/mol. The van der Waals surface area contributed by atoms with Gasteiger partial charge in [-0.1, -0.05) is 25.1 Å². The molecule has 1 aromatic rings. The topological polar surface area (TPSA) is 24.5 Å². The number of para-hydroxylation sites is 1. The molecule has 0 saturated carbocycles. The Morgan fingerprint density at radius 2 is 2.26 bits per heavy atom. The molecule has 1 atom stereocenters. The van der Waals surface area contributed by atoms with E-state index in [-0.39, 0.29) is 0 Å². The second-order valence-corrected chi connectivity index (χ2v) is 5.88. The van der Waals surface area contributed by atoms with E-state index in [0.717, 1.165) is 39.4 Å². The molecule has 0 aliphatic carbocycles. The lowest BCUT2D eigenvalue weighted by Crippen LogP contribution is -2.44. The Balaban J connectivity index is 1.73. The molecular weight excluding hydrogens is 236 g/mol. The molecule has 0 amide bonds. The number of fused-ring (bicyclic) bond motifs is 1. The minimum atomic E-state index is 0.299. The maximum absolute atomic E-state index is 5.69.